The van der Waals surface area contributed by atoms with Crippen LogP contribution >= 0.6 is 0 Å². The van der Waals surface area contributed by atoms with Gasteiger partial charge in [-0.25, -0.2) is 0 Å². The van der Waals surface area contributed by atoms with Crippen LogP contribution in [0.3, 0.4) is 0 Å². The Morgan fingerprint density at radius 2 is 2.08 bits per heavy atom. The second-order valence-corrected chi connectivity index (χ2v) is 7.65. The number of hydrogen-bond acceptors (Lipinski definition) is 4. The molecule has 0 bridgehead atoms. The highest BCUT2D eigenvalue weighted by atomic mass is 16.3. The monoisotopic (exact) mass is 333 g/mol. The summed E-state index contributed by atoms with van der Waals surface area (Å²) in [6.45, 7) is 10.5. The lowest BCUT2D eigenvalue weighted by Crippen LogP contribution is -2.37. The molecule has 24 heavy (non-hydrogen) atoms. The quantitative estimate of drug-likeness (QED) is 0.862. The largest absolute Gasteiger partial charge is 0.483 e. The zero-order chi connectivity index (χ0) is 17.4. The van der Waals surface area contributed by atoms with E-state index < -0.39 is 0 Å². The average molecular weight is 333 g/mol. The Labute approximate surface area is 145 Å². The summed E-state index contributed by atoms with van der Waals surface area (Å²) in [5.41, 5.74) is 1.76. The molecule has 5 heteroatoms. The highest BCUT2D eigenvalue weighted by Crippen LogP contribution is 2.39. The van der Waals surface area contributed by atoms with E-state index in [4.69, 9.17) is 9.90 Å². The molecule has 2 heterocycles. The lowest BCUT2D eigenvalue weighted by Gasteiger charge is -2.28. The van der Waals surface area contributed by atoms with Crippen LogP contribution in [0.2, 0.25) is 0 Å². The molecule has 1 aromatic heterocycles. The van der Waals surface area contributed by atoms with Gasteiger partial charge in [-0.15, -0.1) is 0 Å². The molecule has 1 N–H and O–H groups in total. The van der Waals surface area contributed by atoms with Gasteiger partial charge in [0.15, 0.2) is 0 Å². The third-order valence-electron chi connectivity index (χ3n) is 5.19. The third-order valence-corrected chi connectivity index (χ3v) is 5.19. The van der Waals surface area contributed by atoms with Gasteiger partial charge >= 0.3 is 0 Å². The minimum atomic E-state index is -0.250. The number of carboxylic acid groups (broad SMARTS) is 1. The normalized spacial score (nSPS) is 24.7. The Morgan fingerprint density at radius 3 is 2.71 bits per heavy atom. The summed E-state index contributed by atoms with van der Waals surface area (Å²) in [6, 6.07) is 7.06. The van der Waals surface area contributed by atoms with Crippen molar-refractivity contribution >= 4 is 6.47 Å². The highest BCUT2D eigenvalue weighted by molar-refractivity contribution is 5.32. The summed E-state index contributed by atoms with van der Waals surface area (Å²) >= 11 is 0. The molecular formula is C19H31N3O2. The molecule has 1 aliphatic carbocycles. The van der Waals surface area contributed by atoms with E-state index in [0.29, 0.717) is 5.41 Å². The van der Waals surface area contributed by atoms with Crippen LogP contribution in [-0.4, -0.2) is 58.6 Å². The van der Waals surface area contributed by atoms with Crippen LogP contribution in [0.5, 0.6) is 0 Å². The summed E-state index contributed by atoms with van der Waals surface area (Å²) in [6.07, 6.45) is 7.37. The van der Waals surface area contributed by atoms with Gasteiger partial charge in [0, 0.05) is 31.9 Å². The standard InChI is InChI=1S/C18H29N3.CH2O2/c1-18(2)8-7-17(14-18)21-11-5-10-20(12-13-21)15-16-6-3-4-9-19-16;2-1-3/h3-4,6,9,17H,5,7-8,10-15H2,1-2H3;1H,(H,2,3). The van der Waals surface area contributed by atoms with Crippen LogP contribution in [0, 0.1) is 5.41 Å². The maximum Gasteiger partial charge on any atom is 0.290 e. The fraction of sp³-hybridized carbons (Fsp3) is 0.684. The van der Waals surface area contributed by atoms with Crippen LogP contribution in [0.1, 0.15) is 45.2 Å². The molecule has 0 radical (unpaired) electrons. The molecule has 5 nitrogen and oxygen atoms in total. The minimum absolute atomic E-state index is 0.250. The zero-order valence-electron chi connectivity index (χ0n) is 15.0. The van der Waals surface area contributed by atoms with Gasteiger partial charge in [-0.3, -0.25) is 19.6 Å². The van der Waals surface area contributed by atoms with E-state index in [1.165, 1.54) is 57.6 Å². The predicted molar refractivity (Wildman–Crippen MR) is 95.8 cm³/mol. The Morgan fingerprint density at radius 1 is 1.29 bits per heavy atom. The van der Waals surface area contributed by atoms with Crippen molar-refractivity contribution in [3.8, 4) is 0 Å². The number of nitrogens with zero attached hydrogens (tertiary/aromatic N) is 3. The summed E-state index contributed by atoms with van der Waals surface area (Å²) in [5, 5.41) is 6.89. The fourth-order valence-corrected chi connectivity index (χ4v) is 3.95. The van der Waals surface area contributed by atoms with Crippen molar-refractivity contribution in [3.63, 3.8) is 0 Å². The van der Waals surface area contributed by atoms with Gasteiger partial charge in [-0.1, -0.05) is 19.9 Å². The zero-order valence-corrected chi connectivity index (χ0v) is 15.0. The molecule has 1 aliphatic heterocycles. The van der Waals surface area contributed by atoms with Crippen LogP contribution in [0.4, 0.5) is 0 Å². The molecule has 2 aliphatic rings. The molecule has 1 unspecified atom stereocenters. The van der Waals surface area contributed by atoms with E-state index in [1.807, 2.05) is 12.3 Å². The third kappa shape index (κ3) is 5.87. The van der Waals surface area contributed by atoms with Crippen molar-refractivity contribution in [2.45, 2.75) is 52.1 Å². The molecular weight excluding hydrogens is 302 g/mol. The van der Waals surface area contributed by atoms with Crippen LogP contribution < -0.4 is 0 Å². The molecule has 1 aromatic rings. The maximum absolute atomic E-state index is 8.36. The molecule has 0 aromatic carbocycles. The predicted octanol–water partition coefficient (Wildman–Crippen LogP) is 2.87. The lowest BCUT2D eigenvalue weighted by atomic mass is 9.91. The van der Waals surface area contributed by atoms with Crippen molar-refractivity contribution in [1.82, 2.24) is 14.8 Å². The molecule has 1 atom stereocenters. The molecule has 134 valence electrons. The Kier molecular flexibility index (Phi) is 7.18. The first-order chi connectivity index (χ1) is 11.5. The topological polar surface area (TPSA) is 56.7 Å². The van der Waals surface area contributed by atoms with Gasteiger partial charge in [-0.2, -0.15) is 0 Å². The molecule has 1 saturated carbocycles. The number of hydrogen-bond donors (Lipinski definition) is 1. The molecule has 1 saturated heterocycles. The van der Waals surface area contributed by atoms with E-state index in [2.05, 4.69) is 40.8 Å². The van der Waals surface area contributed by atoms with Gasteiger partial charge in [0.2, 0.25) is 0 Å². The molecule has 3 rings (SSSR count). The number of aromatic nitrogens is 1. The van der Waals surface area contributed by atoms with E-state index >= 15 is 0 Å². The minimum Gasteiger partial charge on any atom is -0.483 e. The maximum atomic E-state index is 8.36. The highest BCUT2D eigenvalue weighted by Gasteiger charge is 2.34. The summed E-state index contributed by atoms with van der Waals surface area (Å²) < 4.78 is 0. The van der Waals surface area contributed by atoms with Crippen LogP contribution in [-0.2, 0) is 11.3 Å². The Hall–Kier alpha value is -1.46. The van der Waals surface area contributed by atoms with Crippen molar-refractivity contribution in [2.75, 3.05) is 26.2 Å². The van der Waals surface area contributed by atoms with E-state index in [9.17, 15) is 0 Å². The van der Waals surface area contributed by atoms with E-state index in [-0.39, 0.29) is 6.47 Å². The number of pyridine rings is 1. The summed E-state index contributed by atoms with van der Waals surface area (Å²) in [4.78, 5) is 18.2. The van der Waals surface area contributed by atoms with E-state index in [1.54, 1.807) is 0 Å². The molecule has 0 spiro atoms. The van der Waals surface area contributed by atoms with Crippen molar-refractivity contribution < 1.29 is 9.90 Å². The lowest BCUT2D eigenvalue weighted by molar-refractivity contribution is -0.122. The van der Waals surface area contributed by atoms with Crippen molar-refractivity contribution in [1.29, 1.82) is 0 Å². The SMILES string of the molecule is CC1(C)CCC(N2CCCN(Cc3ccccn3)CC2)C1.O=CO. The Bertz CT molecular complexity index is 493. The second kappa shape index (κ2) is 9.14. The van der Waals surface area contributed by atoms with Crippen molar-refractivity contribution in [2.24, 2.45) is 5.41 Å². The number of rotatable bonds is 3. The average Bonchev–Trinajstić information content (AvgIpc) is 2.77. The second-order valence-electron chi connectivity index (χ2n) is 7.65. The van der Waals surface area contributed by atoms with Crippen LogP contribution in [0.25, 0.3) is 0 Å². The van der Waals surface area contributed by atoms with Gasteiger partial charge in [-0.05, 0) is 56.3 Å². The molecule has 2 fully saturated rings. The fourth-order valence-electron chi connectivity index (χ4n) is 3.95. The first-order valence-electron chi connectivity index (χ1n) is 8.98. The van der Waals surface area contributed by atoms with Gasteiger partial charge in [0.1, 0.15) is 0 Å². The molecule has 0 amide bonds. The first-order valence-corrected chi connectivity index (χ1v) is 8.98. The summed E-state index contributed by atoms with van der Waals surface area (Å²) in [5.74, 6) is 0. The number of carbonyl (C=O) groups is 1. The first kappa shape index (κ1) is 18.9. The smallest absolute Gasteiger partial charge is 0.290 e. The van der Waals surface area contributed by atoms with Crippen molar-refractivity contribution in [3.05, 3.63) is 30.1 Å². The van der Waals surface area contributed by atoms with Crippen LogP contribution in [0.15, 0.2) is 24.4 Å². The van der Waals surface area contributed by atoms with E-state index in [0.717, 1.165) is 12.6 Å². The van der Waals surface area contributed by atoms with Gasteiger partial charge in [0.05, 0.1) is 5.69 Å². The Balaban J connectivity index is 0.000000647. The summed E-state index contributed by atoms with van der Waals surface area (Å²) in [7, 11) is 0. The van der Waals surface area contributed by atoms with Gasteiger partial charge < -0.3 is 5.11 Å². The van der Waals surface area contributed by atoms with Gasteiger partial charge in [0.25, 0.3) is 6.47 Å².